The lowest BCUT2D eigenvalue weighted by Crippen LogP contribution is -2.49. The normalized spacial score (nSPS) is 21.0. The number of alkyl halides is 3. The van der Waals surface area contributed by atoms with E-state index in [1.54, 1.807) is 0 Å². The lowest BCUT2D eigenvalue weighted by atomic mass is 9.75. The average molecular weight is 210 g/mol. The van der Waals surface area contributed by atoms with Crippen LogP contribution in [0.4, 0.5) is 13.2 Å². The fourth-order valence-corrected chi connectivity index (χ4v) is 1.68. The van der Waals surface area contributed by atoms with E-state index in [1.165, 1.54) is 11.9 Å². The Morgan fingerprint density at radius 2 is 1.93 bits per heavy atom. The third kappa shape index (κ3) is 3.84. The van der Waals surface area contributed by atoms with Gasteiger partial charge in [0.15, 0.2) is 0 Å². The van der Waals surface area contributed by atoms with Crippen molar-refractivity contribution in [3.8, 4) is 0 Å². The van der Waals surface area contributed by atoms with Crippen molar-refractivity contribution < 1.29 is 13.2 Å². The van der Waals surface area contributed by atoms with Gasteiger partial charge in [-0.1, -0.05) is 0 Å². The van der Waals surface area contributed by atoms with Crippen LogP contribution in [0.15, 0.2) is 0 Å². The number of halogens is 3. The Labute approximate surface area is 82.2 Å². The van der Waals surface area contributed by atoms with Crippen molar-refractivity contribution in [2.75, 3.05) is 20.1 Å². The molecule has 84 valence electrons. The SMILES string of the molecule is CN(CCC1(N)CCC1)CC(F)(F)F. The molecule has 1 fully saturated rings. The molecule has 0 heterocycles. The predicted molar refractivity (Wildman–Crippen MR) is 48.9 cm³/mol. The van der Waals surface area contributed by atoms with Crippen LogP contribution in [0.25, 0.3) is 0 Å². The highest BCUT2D eigenvalue weighted by atomic mass is 19.4. The zero-order chi connectivity index (χ0) is 10.8. The van der Waals surface area contributed by atoms with Crippen LogP contribution in [0.3, 0.4) is 0 Å². The Hall–Kier alpha value is -0.290. The molecule has 1 aliphatic carbocycles. The first-order chi connectivity index (χ1) is 6.31. The first kappa shape index (κ1) is 11.8. The molecule has 2 nitrogen and oxygen atoms in total. The van der Waals surface area contributed by atoms with Crippen LogP contribution < -0.4 is 5.73 Å². The Kier molecular flexibility index (Phi) is 3.42. The summed E-state index contributed by atoms with van der Waals surface area (Å²) in [5.74, 6) is 0. The summed E-state index contributed by atoms with van der Waals surface area (Å²) < 4.78 is 35.8. The van der Waals surface area contributed by atoms with E-state index in [4.69, 9.17) is 5.73 Å². The summed E-state index contributed by atoms with van der Waals surface area (Å²) in [5.41, 5.74) is 5.73. The molecule has 0 aliphatic heterocycles. The molecule has 0 aromatic heterocycles. The molecule has 0 unspecified atom stereocenters. The van der Waals surface area contributed by atoms with Gasteiger partial charge in [-0.2, -0.15) is 13.2 Å². The maximum absolute atomic E-state index is 11.9. The molecule has 0 amide bonds. The minimum Gasteiger partial charge on any atom is -0.325 e. The fraction of sp³-hybridized carbons (Fsp3) is 1.00. The molecule has 0 radical (unpaired) electrons. The molecule has 0 atom stereocenters. The molecule has 0 bridgehead atoms. The van der Waals surface area contributed by atoms with Gasteiger partial charge in [-0.05, 0) is 39.3 Å². The maximum Gasteiger partial charge on any atom is 0.401 e. The molecule has 2 N–H and O–H groups in total. The number of rotatable bonds is 4. The topological polar surface area (TPSA) is 29.3 Å². The molecule has 5 heteroatoms. The summed E-state index contributed by atoms with van der Waals surface area (Å²) in [6, 6.07) is 0. The summed E-state index contributed by atoms with van der Waals surface area (Å²) in [4.78, 5) is 1.28. The lowest BCUT2D eigenvalue weighted by molar-refractivity contribution is -0.143. The Morgan fingerprint density at radius 3 is 2.29 bits per heavy atom. The van der Waals surface area contributed by atoms with Crippen LogP contribution >= 0.6 is 0 Å². The van der Waals surface area contributed by atoms with Crippen molar-refractivity contribution in [1.29, 1.82) is 0 Å². The van der Waals surface area contributed by atoms with Gasteiger partial charge >= 0.3 is 6.18 Å². The van der Waals surface area contributed by atoms with E-state index in [-0.39, 0.29) is 5.54 Å². The largest absolute Gasteiger partial charge is 0.401 e. The Morgan fingerprint density at radius 1 is 1.36 bits per heavy atom. The molecular weight excluding hydrogens is 193 g/mol. The predicted octanol–water partition coefficient (Wildman–Crippen LogP) is 1.75. The van der Waals surface area contributed by atoms with Crippen molar-refractivity contribution in [3.05, 3.63) is 0 Å². The third-order valence-electron chi connectivity index (χ3n) is 2.79. The summed E-state index contributed by atoms with van der Waals surface area (Å²) in [6.07, 6.45) is -0.422. The Bertz CT molecular complexity index is 187. The summed E-state index contributed by atoms with van der Waals surface area (Å²) in [7, 11) is 1.48. The van der Waals surface area contributed by atoms with E-state index in [1.807, 2.05) is 0 Å². The average Bonchev–Trinajstić information content (AvgIpc) is 1.94. The lowest BCUT2D eigenvalue weighted by Gasteiger charge is -2.39. The van der Waals surface area contributed by atoms with Gasteiger partial charge in [0, 0.05) is 5.54 Å². The van der Waals surface area contributed by atoms with Gasteiger partial charge in [0.05, 0.1) is 6.54 Å². The molecule has 14 heavy (non-hydrogen) atoms. The third-order valence-corrected chi connectivity index (χ3v) is 2.79. The van der Waals surface area contributed by atoms with E-state index < -0.39 is 12.7 Å². The highest BCUT2D eigenvalue weighted by Gasteiger charge is 2.34. The van der Waals surface area contributed by atoms with Crippen LogP contribution in [0.5, 0.6) is 0 Å². The van der Waals surface area contributed by atoms with E-state index in [0.717, 1.165) is 19.3 Å². The van der Waals surface area contributed by atoms with E-state index in [0.29, 0.717) is 13.0 Å². The van der Waals surface area contributed by atoms with E-state index in [2.05, 4.69) is 0 Å². The molecule has 0 aromatic rings. The van der Waals surface area contributed by atoms with Gasteiger partial charge in [-0.15, -0.1) is 0 Å². The standard InChI is InChI=1S/C9H17F3N2/c1-14(7-9(10,11)12)6-5-8(13)3-2-4-8/h2-7,13H2,1H3. The zero-order valence-corrected chi connectivity index (χ0v) is 8.40. The monoisotopic (exact) mass is 210 g/mol. The minimum atomic E-state index is -4.10. The van der Waals surface area contributed by atoms with Crippen LogP contribution in [-0.4, -0.2) is 36.8 Å². The molecule has 0 spiro atoms. The van der Waals surface area contributed by atoms with Crippen molar-refractivity contribution >= 4 is 0 Å². The molecule has 1 aliphatic rings. The number of hydrogen-bond acceptors (Lipinski definition) is 2. The number of nitrogens with two attached hydrogens (primary N) is 1. The van der Waals surface area contributed by atoms with Crippen molar-refractivity contribution in [2.45, 2.75) is 37.4 Å². The first-order valence-electron chi connectivity index (χ1n) is 4.85. The smallest absolute Gasteiger partial charge is 0.325 e. The van der Waals surface area contributed by atoms with E-state index >= 15 is 0 Å². The Balaban J connectivity index is 2.17. The highest BCUT2D eigenvalue weighted by molar-refractivity contribution is 4.92. The number of nitrogens with zero attached hydrogens (tertiary/aromatic N) is 1. The van der Waals surface area contributed by atoms with Crippen LogP contribution in [0.2, 0.25) is 0 Å². The van der Waals surface area contributed by atoms with E-state index in [9.17, 15) is 13.2 Å². The molecule has 0 aromatic carbocycles. The van der Waals surface area contributed by atoms with Crippen LogP contribution in [0.1, 0.15) is 25.7 Å². The molecule has 1 saturated carbocycles. The summed E-state index contributed by atoms with van der Waals surface area (Å²) in [5, 5.41) is 0. The molecular formula is C9H17F3N2. The highest BCUT2D eigenvalue weighted by Crippen LogP contribution is 2.32. The van der Waals surface area contributed by atoms with Crippen LogP contribution in [-0.2, 0) is 0 Å². The van der Waals surface area contributed by atoms with Crippen molar-refractivity contribution in [3.63, 3.8) is 0 Å². The van der Waals surface area contributed by atoms with Crippen molar-refractivity contribution in [2.24, 2.45) is 5.73 Å². The van der Waals surface area contributed by atoms with Gasteiger partial charge in [0.1, 0.15) is 0 Å². The zero-order valence-electron chi connectivity index (χ0n) is 8.40. The van der Waals surface area contributed by atoms with Crippen molar-refractivity contribution in [1.82, 2.24) is 4.90 Å². The van der Waals surface area contributed by atoms with Gasteiger partial charge < -0.3 is 5.73 Å². The van der Waals surface area contributed by atoms with Gasteiger partial charge in [-0.3, -0.25) is 4.90 Å². The first-order valence-corrected chi connectivity index (χ1v) is 4.85. The molecule has 0 saturated heterocycles. The van der Waals surface area contributed by atoms with Crippen LogP contribution in [0, 0.1) is 0 Å². The van der Waals surface area contributed by atoms with Gasteiger partial charge in [0.2, 0.25) is 0 Å². The second-order valence-electron chi connectivity index (χ2n) is 4.32. The second-order valence-corrected chi connectivity index (χ2v) is 4.32. The second kappa shape index (κ2) is 4.06. The van der Waals surface area contributed by atoms with Gasteiger partial charge in [0.25, 0.3) is 0 Å². The fourth-order valence-electron chi connectivity index (χ4n) is 1.68. The summed E-state index contributed by atoms with van der Waals surface area (Å²) >= 11 is 0. The molecule has 1 rings (SSSR count). The maximum atomic E-state index is 11.9. The van der Waals surface area contributed by atoms with Gasteiger partial charge in [-0.25, -0.2) is 0 Å². The summed E-state index contributed by atoms with van der Waals surface area (Å²) in [6.45, 7) is -0.418. The minimum absolute atomic E-state index is 0.181. The quantitative estimate of drug-likeness (QED) is 0.766. The number of hydrogen-bond donors (Lipinski definition) is 1.